The minimum atomic E-state index is -4.51. The van der Waals surface area contributed by atoms with Crippen molar-refractivity contribution in [1.29, 1.82) is 0 Å². The van der Waals surface area contributed by atoms with Gasteiger partial charge in [0.05, 0.1) is 28.8 Å². The molecule has 1 aliphatic rings. The summed E-state index contributed by atoms with van der Waals surface area (Å²) in [6.07, 6.45) is -3.94. The van der Waals surface area contributed by atoms with Crippen LogP contribution in [0.2, 0.25) is 0 Å². The van der Waals surface area contributed by atoms with E-state index in [0.29, 0.717) is 34.4 Å². The number of carbonyl (C=O) groups is 2. The summed E-state index contributed by atoms with van der Waals surface area (Å²) >= 11 is 0. The van der Waals surface area contributed by atoms with Crippen molar-refractivity contribution in [3.63, 3.8) is 0 Å². The average molecular weight is 609 g/mol. The molecule has 4 aromatic rings. The number of esters is 1. The highest BCUT2D eigenvalue weighted by molar-refractivity contribution is 7.93. The number of nitrogens with zero attached hydrogens (tertiary/aromatic N) is 1. The van der Waals surface area contributed by atoms with Gasteiger partial charge in [-0.05, 0) is 71.1 Å². The second-order valence-corrected chi connectivity index (χ2v) is 11.8. The summed E-state index contributed by atoms with van der Waals surface area (Å²) in [4.78, 5) is 25.1. The van der Waals surface area contributed by atoms with E-state index < -0.39 is 39.7 Å². The number of benzene rings is 4. The molecule has 0 saturated carbocycles. The van der Waals surface area contributed by atoms with Gasteiger partial charge in [-0.1, -0.05) is 54.6 Å². The highest BCUT2D eigenvalue weighted by Crippen LogP contribution is 2.38. The van der Waals surface area contributed by atoms with Crippen LogP contribution in [-0.4, -0.2) is 40.0 Å². The number of alkyl halides is 3. The number of anilines is 1. The zero-order valence-corrected chi connectivity index (χ0v) is 23.8. The first kappa shape index (κ1) is 29.8. The van der Waals surface area contributed by atoms with Crippen molar-refractivity contribution in [2.75, 3.05) is 18.0 Å². The lowest BCUT2D eigenvalue weighted by molar-refractivity contribution is -0.137. The van der Waals surface area contributed by atoms with Crippen molar-refractivity contribution in [3.8, 4) is 11.1 Å². The van der Waals surface area contributed by atoms with E-state index in [9.17, 15) is 31.2 Å². The number of fused-ring (bicyclic) bond motifs is 1. The molecule has 0 spiro atoms. The zero-order chi connectivity index (χ0) is 30.8. The van der Waals surface area contributed by atoms with Crippen LogP contribution < -0.4 is 9.62 Å². The molecule has 0 radical (unpaired) electrons. The monoisotopic (exact) mass is 608 g/mol. The van der Waals surface area contributed by atoms with Gasteiger partial charge in [0.25, 0.3) is 10.0 Å². The number of para-hydroxylation sites is 1. The molecule has 1 atom stereocenters. The molecule has 43 heavy (non-hydrogen) atoms. The molecule has 7 nitrogen and oxygen atoms in total. The molecule has 4 aromatic carbocycles. The molecular weight excluding hydrogens is 581 g/mol. The normalized spacial score (nSPS) is 14.7. The number of amides is 1. The fraction of sp³-hybridized carbons (Fsp3) is 0.188. The molecule has 0 bridgehead atoms. The molecule has 0 aliphatic carbocycles. The molecule has 0 fully saturated rings. The summed E-state index contributed by atoms with van der Waals surface area (Å²) in [5.41, 5.74) is 2.16. The fourth-order valence-electron chi connectivity index (χ4n) is 5.08. The molecule has 0 unspecified atom stereocenters. The van der Waals surface area contributed by atoms with Crippen LogP contribution in [0.3, 0.4) is 0 Å². The van der Waals surface area contributed by atoms with Gasteiger partial charge in [0.2, 0.25) is 5.91 Å². The Morgan fingerprint density at radius 1 is 0.907 bits per heavy atom. The predicted octanol–water partition coefficient (Wildman–Crippen LogP) is 5.64. The number of rotatable bonds is 8. The van der Waals surface area contributed by atoms with E-state index in [2.05, 4.69) is 5.32 Å². The van der Waals surface area contributed by atoms with E-state index in [0.717, 1.165) is 22.0 Å². The van der Waals surface area contributed by atoms with Crippen LogP contribution >= 0.6 is 0 Å². The van der Waals surface area contributed by atoms with Gasteiger partial charge in [-0.15, -0.1) is 0 Å². The van der Waals surface area contributed by atoms with Gasteiger partial charge in [0.1, 0.15) is 6.04 Å². The Morgan fingerprint density at radius 2 is 1.63 bits per heavy atom. The summed E-state index contributed by atoms with van der Waals surface area (Å²) < 4.78 is 73.3. The van der Waals surface area contributed by atoms with Crippen molar-refractivity contribution in [3.05, 3.63) is 119 Å². The Hall–Kier alpha value is -4.64. The summed E-state index contributed by atoms with van der Waals surface area (Å²) in [7, 11) is -2.94. The fourth-order valence-corrected chi connectivity index (χ4v) is 6.73. The predicted molar refractivity (Wildman–Crippen MR) is 155 cm³/mol. The lowest BCUT2D eigenvalue weighted by Crippen LogP contribution is -2.48. The standard InChI is InChI=1S/C32H27F3N2O5S/c1-42-31(39)25-9-4-6-21(18-25)16-17-36-30(38)29-20-24-7-2-3-11-28(24)37(29)43(40,41)27-14-12-22(13-15-27)23-8-5-10-26(19-23)32(33,34)35/h2-15,18-19,29H,16-17,20H2,1H3,(H,36,38)/t29-/m0/s1. The van der Waals surface area contributed by atoms with Gasteiger partial charge in [-0.25, -0.2) is 13.2 Å². The van der Waals surface area contributed by atoms with E-state index in [4.69, 9.17) is 4.74 Å². The Labute approximate surface area is 247 Å². The van der Waals surface area contributed by atoms with Gasteiger partial charge >= 0.3 is 12.1 Å². The molecule has 11 heteroatoms. The lowest BCUT2D eigenvalue weighted by Gasteiger charge is -2.26. The van der Waals surface area contributed by atoms with Crippen LogP contribution in [0.25, 0.3) is 11.1 Å². The number of methoxy groups -OCH3 is 1. The van der Waals surface area contributed by atoms with Gasteiger partial charge in [-0.2, -0.15) is 13.2 Å². The number of hydrogen-bond donors (Lipinski definition) is 1. The van der Waals surface area contributed by atoms with Crippen LogP contribution in [0.15, 0.2) is 102 Å². The van der Waals surface area contributed by atoms with Crippen LogP contribution in [0.4, 0.5) is 18.9 Å². The third kappa shape index (κ3) is 6.26. The quantitative estimate of drug-likeness (QED) is 0.262. The number of sulfonamides is 1. The molecule has 5 rings (SSSR count). The first-order chi connectivity index (χ1) is 20.5. The molecule has 0 saturated heterocycles. The van der Waals surface area contributed by atoms with E-state index in [-0.39, 0.29) is 17.9 Å². The first-order valence-electron chi connectivity index (χ1n) is 13.3. The number of halogens is 3. The highest BCUT2D eigenvalue weighted by atomic mass is 32.2. The summed E-state index contributed by atoms with van der Waals surface area (Å²) in [5, 5.41) is 2.82. The van der Waals surface area contributed by atoms with Gasteiger partial charge in [0, 0.05) is 13.0 Å². The number of hydrogen-bond acceptors (Lipinski definition) is 5. The van der Waals surface area contributed by atoms with Crippen LogP contribution in [0.1, 0.15) is 27.0 Å². The highest BCUT2D eigenvalue weighted by Gasteiger charge is 2.42. The Morgan fingerprint density at radius 3 is 2.35 bits per heavy atom. The van der Waals surface area contributed by atoms with E-state index in [1.54, 1.807) is 42.5 Å². The van der Waals surface area contributed by atoms with Crippen molar-refractivity contribution in [1.82, 2.24) is 5.32 Å². The molecule has 1 N–H and O–H groups in total. The lowest BCUT2D eigenvalue weighted by atomic mass is 10.0. The molecule has 0 aromatic heterocycles. The maximum Gasteiger partial charge on any atom is 0.416 e. The van der Waals surface area contributed by atoms with Crippen LogP contribution in [0, 0.1) is 0 Å². The van der Waals surface area contributed by atoms with Crippen LogP contribution in [-0.2, 0) is 38.6 Å². The molecular formula is C32H27F3N2O5S. The minimum absolute atomic E-state index is 0.0997. The first-order valence-corrected chi connectivity index (χ1v) is 14.8. The summed E-state index contributed by atoms with van der Waals surface area (Å²) in [6.45, 7) is 0.204. The second kappa shape index (κ2) is 11.9. The minimum Gasteiger partial charge on any atom is -0.465 e. The van der Waals surface area contributed by atoms with Crippen molar-refractivity contribution >= 4 is 27.6 Å². The van der Waals surface area contributed by atoms with Gasteiger partial charge < -0.3 is 10.1 Å². The maximum absolute atomic E-state index is 13.9. The Balaban J connectivity index is 1.36. The number of carbonyl (C=O) groups excluding carboxylic acids is 2. The van der Waals surface area contributed by atoms with Crippen LogP contribution in [0.5, 0.6) is 0 Å². The van der Waals surface area contributed by atoms with Crippen molar-refractivity contribution in [2.24, 2.45) is 0 Å². The van der Waals surface area contributed by atoms with Crippen molar-refractivity contribution in [2.45, 2.75) is 30.0 Å². The SMILES string of the molecule is COC(=O)c1cccc(CCNC(=O)[C@@H]2Cc3ccccc3N2S(=O)(=O)c2ccc(-c3cccc(C(F)(F)F)c3)cc2)c1. The van der Waals surface area contributed by atoms with Gasteiger partial charge in [-0.3, -0.25) is 9.10 Å². The maximum atomic E-state index is 13.9. The smallest absolute Gasteiger partial charge is 0.416 e. The topological polar surface area (TPSA) is 92.8 Å². The van der Waals surface area contributed by atoms with E-state index in [1.165, 1.54) is 43.5 Å². The summed E-state index contributed by atoms with van der Waals surface area (Å²) in [6, 6.07) is 23.0. The molecule has 222 valence electrons. The molecule has 1 aliphatic heterocycles. The Kier molecular flexibility index (Phi) is 8.27. The Bertz CT molecular complexity index is 1770. The number of ether oxygens (including phenoxy) is 1. The second-order valence-electron chi connectivity index (χ2n) is 9.99. The summed E-state index contributed by atoms with van der Waals surface area (Å²) in [5.74, 6) is -0.956. The molecule has 1 heterocycles. The average Bonchev–Trinajstić information content (AvgIpc) is 3.41. The number of nitrogens with one attached hydrogen (secondary N) is 1. The largest absolute Gasteiger partial charge is 0.465 e. The van der Waals surface area contributed by atoms with E-state index >= 15 is 0 Å². The van der Waals surface area contributed by atoms with Crippen molar-refractivity contribution < 1.29 is 35.9 Å². The molecule has 1 amide bonds. The third-order valence-corrected chi connectivity index (χ3v) is 9.06. The van der Waals surface area contributed by atoms with E-state index in [1.807, 2.05) is 6.07 Å². The third-order valence-electron chi connectivity index (χ3n) is 7.22. The zero-order valence-electron chi connectivity index (χ0n) is 23.0. The van der Waals surface area contributed by atoms with Gasteiger partial charge in [0.15, 0.2) is 0 Å².